The van der Waals surface area contributed by atoms with E-state index in [2.05, 4.69) is 4.74 Å². The number of Topliss-reactive ketones (excluding diaryl/α,β-unsaturated/α-hetero) is 1. The lowest BCUT2D eigenvalue weighted by atomic mass is 10.1. The van der Waals surface area contributed by atoms with E-state index >= 15 is 0 Å². The van der Waals surface area contributed by atoms with Crippen molar-refractivity contribution in [2.75, 3.05) is 13.7 Å². The fourth-order valence-electron chi connectivity index (χ4n) is 1.10. The number of methoxy groups -OCH3 is 1. The summed E-state index contributed by atoms with van der Waals surface area (Å²) in [6, 6.07) is 1.02. The Hall–Kier alpha value is -1.33. The summed E-state index contributed by atoms with van der Waals surface area (Å²) < 4.78 is 17.8. The third-order valence-electron chi connectivity index (χ3n) is 1.84. The lowest BCUT2D eigenvalue weighted by molar-refractivity contribution is 0.0998. The zero-order valence-electron chi connectivity index (χ0n) is 7.88. The van der Waals surface area contributed by atoms with Gasteiger partial charge in [-0.05, 0) is 6.07 Å². The largest absolute Gasteiger partial charge is 0.504 e. The minimum absolute atomic E-state index is 0.152. The molecule has 0 heterocycles. The summed E-state index contributed by atoms with van der Waals surface area (Å²) in [4.78, 5) is 11.2. The molecule has 0 atom stereocenters. The predicted octanol–water partition coefficient (Wildman–Crippen LogP) is 1.33. The van der Waals surface area contributed by atoms with Crippen molar-refractivity contribution in [1.82, 2.24) is 0 Å². The maximum Gasteiger partial charge on any atom is 0.198 e. The molecule has 1 rings (SSSR count). The first-order valence-corrected chi connectivity index (χ1v) is 4.39. The van der Waals surface area contributed by atoms with E-state index in [-0.39, 0.29) is 17.1 Å². The zero-order valence-corrected chi connectivity index (χ0v) is 8.64. The van der Waals surface area contributed by atoms with Crippen LogP contribution in [0.15, 0.2) is 6.07 Å². The van der Waals surface area contributed by atoms with Crippen LogP contribution in [0.3, 0.4) is 0 Å². The van der Waals surface area contributed by atoms with E-state index in [1.165, 1.54) is 0 Å². The SMILES string of the molecule is COc1c(O)c(C(=O)CN)cc(Cl)c1F. The van der Waals surface area contributed by atoms with Crippen molar-refractivity contribution in [2.45, 2.75) is 0 Å². The number of aromatic hydroxyl groups is 1. The van der Waals surface area contributed by atoms with E-state index < -0.39 is 23.1 Å². The van der Waals surface area contributed by atoms with Crippen LogP contribution in [0.5, 0.6) is 11.5 Å². The molecule has 0 aliphatic carbocycles. The number of phenols is 1. The zero-order chi connectivity index (χ0) is 11.6. The highest BCUT2D eigenvalue weighted by atomic mass is 35.5. The second-order valence-corrected chi connectivity index (χ2v) is 3.14. The van der Waals surface area contributed by atoms with Gasteiger partial charge >= 0.3 is 0 Å². The first-order chi connectivity index (χ1) is 7.02. The number of rotatable bonds is 3. The minimum atomic E-state index is -0.912. The fraction of sp³-hybridized carbons (Fsp3) is 0.222. The van der Waals surface area contributed by atoms with Gasteiger partial charge in [-0.1, -0.05) is 11.6 Å². The van der Waals surface area contributed by atoms with E-state index in [0.29, 0.717) is 0 Å². The van der Waals surface area contributed by atoms with Gasteiger partial charge in [0.1, 0.15) is 0 Å². The van der Waals surface area contributed by atoms with Gasteiger partial charge in [0.15, 0.2) is 23.1 Å². The summed E-state index contributed by atoms with van der Waals surface area (Å²) in [5.41, 5.74) is 4.96. The smallest absolute Gasteiger partial charge is 0.198 e. The number of nitrogens with two attached hydrogens (primary N) is 1. The van der Waals surface area contributed by atoms with Crippen LogP contribution < -0.4 is 10.5 Å². The van der Waals surface area contributed by atoms with Crippen LogP contribution >= 0.6 is 11.6 Å². The number of benzene rings is 1. The fourth-order valence-corrected chi connectivity index (χ4v) is 1.30. The highest BCUT2D eigenvalue weighted by Gasteiger charge is 2.20. The molecule has 4 nitrogen and oxygen atoms in total. The van der Waals surface area contributed by atoms with E-state index in [1.54, 1.807) is 0 Å². The third-order valence-corrected chi connectivity index (χ3v) is 2.12. The molecule has 0 radical (unpaired) electrons. The molecule has 0 saturated heterocycles. The monoisotopic (exact) mass is 233 g/mol. The van der Waals surface area contributed by atoms with E-state index in [9.17, 15) is 14.3 Å². The van der Waals surface area contributed by atoms with Crippen LogP contribution in [-0.2, 0) is 0 Å². The Morgan fingerprint density at radius 3 is 2.80 bits per heavy atom. The lowest BCUT2D eigenvalue weighted by Crippen LogP contribution is -2.14. The number of ketones is 1. The van der Waals surface area contributed by atoms with Crippen LogP contribution in [0, 0.1) is 5.82 Å². The van der Waals surface area contributed by atoms with Crippen molar-refractivity contribution in [3.05, 3.63) is 22.5 Å². The topological polar surface area (TPSA) is 72.5 Å². The Balaban J connectivity index is 3.43. The Bertz CT molecular complexity index is 409. The molecule has 82 valence electrons. The average molecular weight is 234 g/mol. The molecule has 0 aliphatic heterocycles. The van der Waals surface area contributed by atoms with Crippen molar-refractivity contribution in [2.24, 2.45) is 5.73 Å². The number of halogens is 2. The number of phenolic OH excluding ortho intramolecular Hbond substituents is 1. The average Bonchev–Trinajstić information content (AvgIpc) is 2.23. The maximum absolute atomic E-state index is 13.3. The normalized spacial score (nSPS) is 10.1. The number of hydrogen-bond donors (Lipinski definition) is 2. The molecule has 0 saturated carbocycles. The number of carbonyl (C=O) groups is 1. The maximum atomic E-state index is 13.3. The van der Waals surface area contributed by atoms with E-state index in [4.69, 9.17) is 17.3 Å². The highest BCUT2D eigenvalue weighted by molar-refractivity contribution is 6.31. The highest BCUT2D eigenvalue weighted by Crippen LogP contribution is 2.37. The van der Waals surface area contributed by atoms with Gasteiger partial charge in [0.05, 0.1) is 24.2 Å². The van der Waals surface area contributed by atoms with Gasteiger partial charge in [-0.25, -0.2) is 4.39 Å². The van der Waals surface area contributed by atoms with Gasteiger partial charge < -0.3 is 15.6 Å². The molecule has 0 spiro atoms. The molecule has 0 aliphatic rings. The van der Waals surface area contributed by atoms with Crippen molar-refractivity contribution >= 4 is 17.4 Å². The summed E-state index contributed by atoms with van der Waals surface area (Å²) in [6.07, 6.45) is 0. The molecular weight excluding hydrogens is 225 g/mol. The molecule has 15 heavy (non-hydrogen) atoms. The van der Waals surface area contributed by atoms with Gasteiger partial charge in [0.25, 0.3) is 0 Å². The van der Waals surface area contributed by atoms with Gasteiger partial charge in [-0.15, -0.1) is 0 Å². The van der Waals surface area contributed by atoms with Crippen molar-refractivity contribution in [3.8, 4) is 11.5 Å². The molecule has 6 heteroatoms. The second-order valence-electron chi connectivity index (χ2n) is 2.73. The van der Waals surface area contributed by atoms with Gasteiger partial charge in [-0.3, -0.25) is 4.79 Å². The van der Waals surface area contributed by atoms with E-state index in [1.807, 2.05) is 0 Å². The van der Waals surface area contributed by atoms with Gasteiger partial charge in [0, 0.05) is 0 Å². The summed E-state index contributed by atoms with van der Waals surface area (Å²) in [5.74, 6) is -2.51. The quantitative estimate of drug-likeness (QED) is 0.773. The first kappa shape index (κ1) is 11.7. The Morgan fingerprint density at radius 2 is 2.33 bits per heavy atom. The Kier molecular flexibility index (Phi) is 3.49. The number of carbonyl (C=O) groups excluding carboxylic acids is 1. The van der Waals surface area contributed by atoms with Crippen molar-refractivity contribution in [3.63, 3.8) is 0 Å². The van der Waals surface area contributed by atoms with Gasteiger partial charge in [0.2, 0.25) is 0 Å². The molecule has 0 amide bonds. The van der Waals surface area contributed by atoms with Crippen LogP contribution in [0.2, 0.25) is 5.02 Å². The number of ether oxygens (including phenoxy) is 1. The Labute approximate surface area is 90.4 Å². The van der Waals surface area contributed by atoms with Crippen LogP contribution in [-0.4, -0.2) is 24.5 Å². The standard InChI is InChI=1S/C9H9ClFNO3/c1-15-9-7(11)5(10)2-4(8(9)14)6(13)3-12/h2,14H,3,12H2,1H3. The first-order valence-electron chi connectivity index (χ1n) is 4.01. The van der Waals surface area contributed by atoms with Gasteiger partial charge in [-0.2, -0.15) is 0 Å². The van der Waals surface area contributed by atoms with Crippen molar-refractivity contribution < 1.29 is 19.0 Å². The second kappa shape index (κ2) is 4.46. The molecule has 0 bridgehead atoms. The summed E-state index contributed by atoms with van der Waals surface area (Å²) in [7, 11) is 1.16. The predicted molar refractivity (Wildman–Crippen MR) is 53.0 cm³/mol. The van der Waals surface area contributed by atoms with Crippen LogP contribution in [0.1, 0.15) is 10.4 Å². The molecular formula is C9H9ClFNO3. The number of hydrogen-bond acceptors (Lipinski definition) is 4. The summed E-state index contributed by atoms with van der Waals surface area (Å²) >= 11 is 5.51. The van der Waals surface area contributed by atoms with Crippen LogP contribution in [0.25, 0.3) is 0 Å². The van der Waals surface area contributed by atoms with E-state index in [0.717, 1.165) is 13.2 Å². The molecule has 0 unspecified atom stereocenters. The minimum Gasteiger partial charge on any atom is -0.504 e. The molecule has 0 aromatic heterocycles. The molecule has 1 aromatic rings. The van der Waals surface area contributed by atoms with Crippen LogP contribution in [0.4, 0.5) is 4.39 Å². The molecule has 0 fully saturated rings. The summed E-state index contributed by atoms with van der Waals surface area (Å²) in [5, 5.41) is 9.19. The Morgan fingerprint density at radius 1 is 1.73 bits per heavy atom. The molecule has 3 N–H and O–H groups in total. The van der Waals surface area contributed by atoms with Crippen molar-refractivity contribution in [1.29, 1.82) is 0 Å². The summed E-state index contributed by atoms with van der Waals surface area (Å²) in [6.45, 7) is -0.307. The third kappa shape index (κ3) is 2.03. The lowest BCUT2D eigenvalue weighted by Gasteiger charge is -2.09. The molecule has 1 aromatic carbocycles.